The fraction of sp³-hybridized carbons (Fsp3) is 0.972. The van der Waals surface area contributed by atoms with Crippen molar-refractivity contribution in [3.63, 3.8) is 0 Å². The molecule has 0 aromatic carbocycles. The third-order valence-electron chi connectivity index (χ3n) is 8.92. The molecule has 0 aliphatic rings. The highest BCUT2D eigenvalue weighted by Gasteiger charge is 2.29. The minimum atomic E-state index is -1.18. The van der Waals surface area contributed by atoms with E-state index < -0.39 is 36.9 Å². The van der Waals surface area contributed by atoms with Gasteiger partial charge in [-0.05, 0) is 12.8 Å². The van der Waals surface area contributed by atoms with Crippen LogP contribution in [0.1, 0.15) is 194 Å². The Kier molecular flexibility index (Phi) is 31.2. The number of carboxylic acids is 1. The van der Waals surface area contributed by atoms with Gasteiger partial charge in [0.25, 0.3) is 0 Å². The van der Waals surface area contributed by atoms with Crippen molar-refractivity contribution in [3.8, 4) is 0 Å². The minimum absolute atomic E-state index is 0.404. The third-order valence-corrected chi connectivity index (χ3v) is 8.92. The van der Waals surface area contributed by atoms with E-state index in [0.29, 0.717) is 12.8 Å². The molecular weight excluding hydrogens is 526 g/mol. The summed E-state index contributed by atoms with van der Waals surface area (Å²) in [4.78, 5) is 11.8. The molecule has 0 aromatic rings. The maximum atomic E-state index is 11.8. The van der Waals surface area contributed by atoms with Crippen LogP contribution in [0.3, 0.4) is 0 Å². The number of unbranched alkanes of at least 4 members (excludes halogenated alkanes) is 24. The molecular formula is C36H73NO5. The van der Waals surface area contributed by atoms with Crippen LogP contribution < -0.4 is 5.32 Å². The Morgan fingerprint density at radius 3 is 1.14 bits per heavy atom. The van der Waals surface area contributed by atoms with Gasteiger partial charge in [-0.3, -0.25) is 10.1 Å². The Balaban J connectivity index is 3.93. The van der Waals surface area contributed by atoms with Crippen LogP contribution in [0.2, 0.25) is 0 Å². The highest BCUT2D eigenvalue weighted by atomic mass is 16.4. The lowest BCUT2D eigenvalue weighted by Gasteiger charge is -2.29. The molecule has 0 saturated heterocycles. The van der Waals surface area contributed by atoms with E-state index >= 15 is 0 Å². The zero-order chi connectivity index (χ0) is 31.1. The number of carbonyl (C=O) groups is 1. The quantitative estimate of drug-likeness (QED) is 0.0472. The van der Waals surface area contributed by atoms with Crippen molar-refractivity contribution >= 4 is 5.97 Å². The lowest BCUT2D eigenvalue weighted by Crippen LogP contribution is -2.54. The molecule has 0 saturated carbocycles. The van der Waals surface area contributed by atoms with Crippen LogP contribution in [0.25, 0.3) is 0 Å². The van der Waals surface area contributed by atoms with E-state index in [1.807, 2.05) is 0 Å². The van der Waals surface area contributed by atoms with Crippen LogP contribution in [0.5, 0.6) is 0 Å². The molecule has 0 bridgehead atoms. The lowest BCUT2D eigenvalue weighted by molar-refractivity contribution is -0.140. The average Bonchev–Trinajstić information content (AvgIpc) is 2.98. The zero-order valence-corrected chi connectivity index (χ0v) is 28.0. The monoisotopic (exact) mass is 600 g/mol. The van der Waals surface area contributed by atoms with Crippen molar-refractivity contribution in [2.24, 2.45) is 0 Å². The lowest BCUT2D eigenvalue weighted by atomic mass is 9.98. The second-order valence-corrected chi connectivity index (χ2v) is 13.0. The van der Waals surface area contributed by atoms with Gasteiger partial charge in [-0.15, -0.1) is 0 Å². The van der Waals surface area contributed by atoms with Crippen molar-refractivity contribution in [1.29, 1.82) is 0 Å². The minimum Gasteiger partial charge on any atom is -0.480 e. The number of aliphatic hydroxyl groups excluding tert-OH is 3. The second kappa shape index (κ2) is 31.7. The van der Waals surface area contributed by atoms with E-state index in [1.54, 1.807) is 0 Å². The fourth-order valence-electron chi connectivity index (χ4n) is 5.97. The molecule has 0 spiro atoms. The van der Waals surface area contributed by atoms with Crippen molar-refractivity contribution in [3.05, 3.63) is 0 Å². The predicted molar refractivity (Wildman–Crippen MR) is 178 cm³/mol. The summed E-state index contributed by atoms with van der Waals surface area (Å²) in [5.41, 5.74) is 0. The average molecular weight is 600 g/mol. The molecule has 0 aliphatic carbocycles. The van der Waals surface area contributed by atoms with Crippen molar-refractivity contribution in [2.75, 3.05) is 6.61 Å². The maximum absolute atomic E-state index is 11.8. The summed E-state index contributed by atoms with van der Waals surface area (Å²) in [6, 6.07) is -1.67. The first-order valence-electron chi connectivity index (χ1n) is 18.4. The SMILES string of the molecule is CCCCCCCCCCCCCCCCC(N[C@@H](CO)[C@H](O)[C@H](O)CCCCCCCCCCCCCC)C(=O)O. The molecule has 0 amide bonds. The van der Waals surface area contributed by atoms with Gasteiger partial charge >= 0.3 is 5.97 Å². The summed E-state index contributed by atoms with van der Waals surface area (Å²) in [5, 5.41) is 43.5. The van der Waals surface area contributed by atoms with E-state index in [9.17, 15) is 25.2 Å². The molecule has 0 aliphatic heterocycles. The largest absolute Gasteiger partial charge is 0.480 e. The van der Waals surface area contributed by atoms with E-state index in [0.717, 1.165) is 38.5 Å². The summed E-state index contributed by atoms with van der Waals surface area (Å²) in [5.74, 6) is -0.967. The number of hydrogen-bond donors (Lipinski definition) is 5. The van der Waals surface area contributed by atoms with Crippen LogP contribution >= 0.6 is 0 Å². The van der Waals surface area contributed by atoms with Gasteiger partial charge in [-0.2, -0.15) is 0 Å². The topological polar surface area (TPSA) is 110 Å². The van der Waals surface area contributed by atoms with Gasteiger partial charge in [0.05, 0.1) is 24.9 Å². The smallest absolute Gasteiger partial charge is 0.320 e. The van der Waals surface area contributed by atoms with Gasteiger partial charge < -0.3 is 20.4 Å². The normalized spacial score (nSPS) is 14.6. The van der Waals surface area contributed by atoms with Crippen molar-refractivity contribution < 1.29 is 25.2 Å². The molecule has 6 nitrogen and oxygen atoms in total. The third kappa shape index (κ3) is 25.8. The summed E-state index contributed by atoms with van der Waals surface area (Å²) in [7, 11) is 0. The summed E-state index contributed by atoms with van der Waals surface area (Å²) in [6.45, 7) is 4.10. The maximum Gasteiger partial charge on any atom is 0.320 e. The molecule has 0 aromatic heterocycles. The van der Waals surface area contributed by atoms with E-state index in [-0.39, 0.29) is 0 Å². The molecule has 6 heteroatoms. The highest BCUT2D eigenvalue weighted by molar-refractivity contribution is 5.73. The molecule has 0 heterocycles. The van der Waals surface area contributed by atoms with Crippen LogP contribution in [0.4, 0.5) is 0 Å². The molecule has 0 fully saturated rings. The first-order valence-corrected chi connectivity index (χ1v) is 18.4. The zero-order valence-electron chi connectivity index (χ0n) is 28.0. The molecule has 4 atom stereocenters. The van der Waals surface area contributed by atoms with Gasteiger partial charge in [0.1, 0.15) is 6.04 Å². The van der Waals surface area contributed by atoms with Gasteiger partial charge in [-0.25, -0.2) is 0 Å². The molecule has 42 heavy (non-hydrogen) atoms. The van der Waals surface area contributed by atoms with Gasteiger partial charge in [0.2, 0.25) is 0 Å². The Labute approximate surface area is 260 Å². The number of carboxylic acid groups (broad SMARTS) is 1. The Morgan fingerprint density at radius 1 is 0.524 bits per heavy atom. The first kappa shape index (κ1) is 41.3. The number of rotatable bonds is 34. The Morgan fingerprint density at radius 2 is 0.833 bits per heavy atom. The second-order valence-electron chi connectivity index (χ2n) is 13.0. The number of aliphatic carboxylic acids is 1. The standard InChI is InChI=1S/C36H73NO5/c1-3-5-7-9-11-13-15-17-18-19-21-23-25-27-29-32(36(41)42)37-33(31-38)35(40)34(39)30-28-26-24-22-20-16-14-12-10-8-6-4-2/h32-35,37-40H,3-31H2,1-2H3,(H,41,42)/t32?,33-,34+,35-/m0/s1. The van der Waals surface area contributed by atoms with Crippen LogP contribution in [0, 0.1) is 0 Å². The highest BCUT2D eigenvalue weighted by Crippen LogP contribution is 2.17. The summed E-state index contributed by atoms with van der Waals surface area (Å²) >= 11 is 0. The predicted octanol–water partition coefficient (Wildman–Crippen LogP) is 9.07. The molecule has 5 N–H and O–H groups in total. The van der Waals surface area contributed by atoms with Crippen LogP contribution in [-0.4, -0.2) is 57.3 Å². The summed E-state index contributed by atoms with van der Waals surface area (Å²) < 4.78 is 0. The van der Waals surface area contributed by atoms with Gasteiger partial charge in [-0.1, -0.05) is 181 Å². The Hall–Kier alpha value is -0.690. The van der Waals surface area contributed by atoms with Crippen molar-refractivity contribution in [2.45, 2.75) is 218 Å². The molecule has 1 unspecified atom stereocenters. The first-order chi connectivity index (χ1) is 20.5. The van der Waals surface area contributed by atoms with Gasteiger partial charge in [0.15, 0.2) is 0 Å². The van der Waals surface area contributed by atoms with E-state index in [1.165, 1.54) is 128 Å². The van der Waals surface area contributed by atoms with Gasteiger partial charge in [0, 0.05) is 0 Å². The van der Waals surface area contributed by atoms with Crippen molar-refractivity contribution in [1.82, 2.24) is 5.32 Å². The number of nitrogens with one attached hydrogen (secondary N) is 1. The molecule has 0 radical (unpaired) electrons. The van der Waals surface area contributed by atoms with E-state index in [2.05, 4.69) is 19.2 Å². The van der Waals surface area contributed by atoms with Crippen LogP contribution in [0.15, 0.2) is 0 Å². The van der Waals surface area contributed by atoms with Crippen LogP contribution in [-0.2, 0) is 4.79 Å². The Bertz CT molecular complexity index is 561. The number of aliphatic hydroxyl groups is 3. The fourth-order valence-corrected chi connectivity index (χ4v) is 5.97. The number of hydrogen-bond acceptors (Lipinski definition) is 5. The van der Waals surface area contributed by atoms with E-state index in [4.69, 9.17) is 0 Å². The summed E-state index contributed by atoms with van der Waals surface area (Å²) in [6.07, 6.45) is 31.2. The molecule has 252 valence electrons. The molecule has 0 rings (SSSR count).